The number of rotatable bonds is 5. The molecule has 0 radical (unpaired) electrons. The molecule has 0 aliphatic carbocycles. The van der Waals surface area contributed by atoms with Crippen LogP contribution in [0.3, 0.4) is 0 Å². The number of carboxylic acid groups (broad SMARTS) is 1. The second-order valence-corrected chi connectivity index (χ2v) is 10.8. The molecule has 6 rings (SSSR count). The third kappa shape index (κ3) is 5.99. The highest BCUT2D eigenvalue weighted by atomic mass is 35.5. The molecule has 9 nitrogen and oxygen atoms in total. The third-order valence-electron chi connectivity index (χ3n) is 6.20. The molecule has 1 fully saturated rings. The van der Waals surface area contributed by atoms with E-state index < -0.39 is 5.97 Å². The van der Waals surface area contributed by atoms with Crippen LogP contribution in [-0.2, 0) is 6.54 Å². The van der Waals surface area contributed by atoms with E-state index in [4.69, 9.17) is 33.5 Å². The molecule has 196 valence electrons. The van der Waals surface area contributed by atoms with E-state index in [1.807, 2.05) is 42.5 Å². The lowest BCUT2D eigenvalue weighted by Crippen LogP contribution is -2.40. The van der Waals surface area contributed by atoms with E-state index in [0.29, 0.717) is 33.7 Å². The Kier molecular flexibility index (Phi) is 7.94. The lowest BCUT2D eigenvalue weighted by Gasteiger charge is -2.30. The number of hydrogen-bond acceptors (Lipinski definition) is 8. The summed E-state index contributed by atoms with van der Waals surface area (Å²) in [5, 5.41) is 14.7. The minimum Gasteiger partial charge on any atom is -0.477 e. The van der Waals surface area contributed by atoms with Crippen LogP contribution in [0.25, 0.3) is 21.5 Å². The summed E-state index contributed by atoms with van der Waals surface area (Å²) in [5.74, 6) is 0.548. The fourth-order valence-corrected chi connectivity index (χ4v) is 5.43. The van der Waals surface area contributed by atoms with E-state index in [9.17, 15) is 9.90 Å². The Balaban J connectivity index is 0.000000179. The van der Waals surface area contributed by atoms with Crippen LogP contribution in [0.2, 0.25) is 9.62 Å². The summed E-state index contributed by atoms with van der Waals surface area (Å²) >= 11 is 13.1. The first kappa shape index (κ1) is 26.2. The zero-order valence-corrected chi connectivity index (χ0v) is 22.5. The Labute approximate surface area is 232 Å². The highest BCUT2D eigenvalue weighted by Crippen LogP contribution is 2.32. The second kappa shape index (κ2) is 11.5. The molecule has 5 aromatic rings. The van der Waals surface area contributed by atoms with Gasteiger partial charge in [0.05, 0.1) is 15.8 Å². The number of fused-ring (bicyclic) bond motifs is 1. The standard InChI is InChI=1S/C17H11ClN2O3S.C9H13ClN4/c18-16-6-5-15(24-16)14-8-11(19-23-14)9-20-12-4-2-1-3-10(12)7-13(20)17(21)22;10-9-12-4-1-8(13-9)14-5-2-7(11)3-6-14/h1-8H,9H2,(H,21,22);1,4,7H,2-3,5-6,11H2. The number of hydrogen-bond donors (Lipinski definition) is 2. The molecule has 1 aromatic carbocycles. The summed E-state index contributed by atoms with van der Waals surface area (Å²) in [6.07, 6.45) is 3.71. The SMILES string of the molecule is NC1CCN(c2ccnc(Cl)n2)CC1.O=C(O)c1cc2ccccc2n1Cc1cc(-c2ccc(Cl)s2)on1. The number of para-hydroxylation sites is 1. The zero-order valence-electron chi connectivity index (χ0n) is 20.1. The maximum absolute atomic E-state index is 11.5. The molecule has 5 heterocycles. The fourth-order valence-electron chi connectivity index (χ4n) is 4.30. The highest BCUT2D eigenvalue weighted by Gasteiger charge is 2.18. The summed E-state index contributed by atoms with van der Waals surface area (Å²) < 4.78 is 7.76. The molecule has 3 N–H and O–H groups in total. The Hall–Kier alpha value is -3.44. The summed E-state index contributed by atoms with van der Waals surface area (Å²) in [5.41, 5.74) is 7.54. The number of aromatic nitrogens is 4. The van der Waals surface area contributed by atoms with Crippen LogP contribution >= 0.6 is 34.5 Å². The van der Waals surface area contributed by atoms with Crippen LogP contribution in [0.5, 0.6) is 0 Å². The minimum atomic E-state index is -0.972. The average Bonchev–Trinajstić information content (AvgIpc) is 3.64. The zero-order chi connectivity index (χ0) is 26.6. The number of nitrogens with two attached hydrogens (primary N) is 1. The first-order valence-corrected chi connectivity index (χ1v) is 13.5. The van der Waals surface area contributed by atoms with Gasteiger partial charge in [-0.15, -0.1) is 11.3 Å². The van der Waals surface area contributed by atoms with Gasteiger partial charge < -0.3 is 24.8 Å². The molecule has 1 saturated heterocycles. The number of nitrogens with zero attached hydrogens (tertiary/aromatic N) is 5. The first-order chi connectivity index (χ1) is 18.4. The molecule has 4 aromatic heterocycles. The van der Waals surface area contributed by atoms with E-state index in [1.165, 1.54) is 11.3 Å². The van der Waals surface area contributed by atoms with Gasteiger partial charge in [-0.2, -0.15) is 0 Å². The number of carboxylic acids is 1. The van der Waals surface area contributed by atoms with Crippen molar-refractivity contribution in [1.82, 2.24) is 19.7 Å². The van der Waals surface area contributed by atoms with E-state index in [1.54, 1.807) is 22.9 Å². The smallest absolute Gasteiger partial charge is 0.352 e. The van der Waals surface area contributed by atoms with Crippen molar-refractivity contribution in [1.29, 1.82) is 0 Å². The van der Waals surface area contributed by atoms with Crippen molar-refractivity contribution in [3.8, 4) is 10.6 Å². The van der Waals surface area contributed by atoms with E-state index in [2.05, 4.69) is 20.0 Å². The lowest BCUT2D eigenvalue weighted by molar-refractivity contribution is 0.0686. The molecular weight excluding hydrogens is 547 g/mol. The van der Waals surface area contributed by atoms with Crippen LogP contribution in [0.1, 0.15) is 29.0 Å². The van der Waals surface area contributed by atoms with Gasteiger partial charge in [0.15, 0.2) is 5.76 Å². The summed E-state index contributed by atoms with van der Waals surface area (Å²) in [6.45, 7) is 2.22. The highest BCUT2D eigenvalue weighted by molar-refractivity contribution is 7.19. The van der Waals surface area contributed by atoms with Crippen LogP contribution in [0, 0.1) is 0 Å². The first-order valence-electron chi connectivity index (χ1n) is 11.9. The molecule has 38 heavy (non-hydrogen) atoms. The maximum atomic E-state index is 11.5. The van der Waals surface area contributed by atoms with Crippen LogP contribution in [0.4, 0.5) is 5.82 Å². The molecule has 0 saturated carbocycles. The van der Waals surface area contributed by atoms with E-state index in [0.717, 1.165) is 47.5 Å². The molecule has 1 aliphatic heterocycles. The molecule has 0 spiro atoms. The molecule has 12 heteroatoms. The summed E-state index contributed by atoms with van der Waals surface area (Å²) in [6, 6.07) is 16.9. The Morgan fingerprint density at radius 3 is 2.63 bits per heavy atom. The lowest BCUT2D eigenvalue weighted by atomic mass is 10.1. The van der Waals surface area contributed by atoms with Crippen molar-refractivity contribution in [2.75, 3.05) is 18.0 Å². The van der Waals surface area contributed by atoms with E-state index >= 15 is 0 Å². The van der Waals surface area contributed by atoms with Gasteiger partial charge in [-0.3, -0.25) is 0 Å². The Morgan fingerprint density at radius 2 is 1.92 bits per heavy atom. The summed E-state index contributed by atoms with van der Waals surface area (Å²) in [4.78, 5) is 22.6. The molecule has 0 atom stereocenters. The van der Waals surface area contributed by atoms with Crippen LogP contribution in [0.15, 0.2) is 65.3 Å². The number of benzene rings is 1. The molecule has 0 bridgehead atoms. The van der Waals surface area contributed by atoms with Crippen LogP contribution < -0.4 is 10.6 Å². The van der Waals surface area contributed by atoms with Gasteiger partial charge in [0.25, 0.3) is 0 Å². The number of piperidine rings is 1. The number of anilines is 1. The topological polar surface area (TPSA) is 123 Å². The van der Waals surface area contributed by atoms with Gasteiger partial charge in [-0.25, -0.2) is 14.8 Å². The maximum Gasteiger partial charge on any atom is 0.352 e. The van der Waals surface area contributed by atoms with Crippen LogP contribution in [-0.4, -0.2) is 49.9 Å². The summed E-state index contributed by atoms with van der Waals surface area (Å²) in [7, 11) is 0. The van der Waals surface area contributed by atoms with Crippen molar-refractivity contribution in [2.24, 2.45) is 5.73 Å². The second-order valence-electron chi connectivity index (χ2n) is 8.77. The third-order valence-corrected chi connectivity index (χ3v) is 7.63. The number of thiophene rings is 1. The largest absolute Gasteiger partial charge is 0.477 e. The van der Waals surface area contributed by atoms with Crippen molar-refractivity contribution in [3.05, 3.63) is 81.8 Å². The molecule has 0 unspecified atom stereocenters. The molecule has 1 aliphatic rings. The van der Waals surface area contributed by atoms with Gasteiger partial charge >= 0.3 is 5.97 Å². The Morgan fingerprint density at radius 1 is 1.13 bits per heavy atom. The van der Waals surface area contributed by atoms with Crippen molar-refractivity contribution in [3.63, 3.8) is 0 Å². The minimum absolute atomic E-state index is 0.222. The van der Waals surface area contributed by atoms with Gasteiger partial charge in [0, 0.05) is 42.3 Å². The van der Waals surface area contributed by atoms with Crippen molar-refractivity contribution >= 4 is 57.2 Å². The van der Waals surface area contributed by atoms with Gasteiger partial charge in [0.2, 0.25) is 5.28 Å². The monoisotopic (exact) mass is 570 g/mol. The molecule has 0 amide bonds. The quantitative estimate of drug-likeness (QED) is 0.253. The normalized spacial score (nSPS) is 13.9. The number of halogens is 2. The Bertz CT molecular complexity index is 1560. The van der Waals surface area contributed by atoms with Gasteiger partial charge in [0.1, 0.15) is 17.2 Å². The predicted octanol–water partition coefficient (Wildman–Crippen LogP) is 5.82. The number of aromatic carboxylic acids is 1. The average molecular weight is 571 g/mol. The van der Waals surface area contributed by atoms with Gasteiger partial charge in [-0.05, 0) is 54.8 Å². The number of carbonyl (C=O) groups is 1. The predicted molar refractivity (Wildman–Crippen MR) is 149 cm³/mol. The van der Waals surface area contributed by atoms with Crippen molar-refractivity contribution < 1.29 is 14.4 Å². The van der Waals surface area contributed by atoms with Crippen molar-refractivity contribution in [2.45, 2.75) is 25.4 Å². The van der Waals surface area contributed by atoms with Gasteiger partial charge in [-0.1, -0.05) is 35.0 Å². The molecular formula is C26H24Cl2N6O3S. The van der Waals surface area contributed by atoms with E-state index in [-0.39, 0.29) is 5.69 Å². The fraction of sp³-hybridized carbons (Fsp3) is 0.231.